The summed E-state index contributed by atoms with van der Waals surface area (Å²) < 4.78 is 4.81. The van der Waals surface area contributed by atoms with E-state index in [-0.39, 0.29) is 0 Å². The van der Waals surface area contributed by atoms with Crippen LogP contribution in [0.15, 0.2) is 194 Å². The van der Waals surface area contributed by atoms with Crippen molar-refractivity contribution in [2.45, 2.75) is 0 Å². The predicted molar refractivity (Wildman–Crippen MR) is 221 cm³/mol. The smallest absolute Gasteiger partial charge is 0.0547 e. The standard InChI is InChI=1S/C50H32N2/c1-3-13-33(14-4-1)34-23-26-38(27-24-34)52-48-22-12-10-20-42(48)46-31-36-30-43(39-17-7-8-18-40(39)44(36)32-50(46)52)35-25-28-49-45(29-35)41-19-9-11-21-47(41)51(49)37-15-5-2-6-16-37/h1-32H. The Morgan fingerprint density at radius 3 is 1.46 bits per heavy atom. The van der Waals surface area contributed by atoms with Gasteiger partial charge in [-0.05, 0) is 111 Å². The van der Waals surface area contributed by atoms with Crippen molar-refractivity contribution in [1.29, 1.82) is 0 Å². The molecular formula is C50H32N2. The van der Waals surface area contributed by atoms with Crippen LogP contribution >= 0.6 is 0 Å². The lowest BCUT2D eigenvalue weighted by Crippen LogP contribution is -1.94. The second-order valence-corrected chi connectivity index (χ2v) is 13.7. The van der Waals surface area contributed by atoms with Gasteiger partial charge in [0.2, 0.25) is 0 Å². The van der Waals surface area contributed by atoms with Crippen LogP contribution in [0.5, 0.6) is 0 Å². The average Bonchev–Trinajstić information content (AvgIpc) is 3.72. The number of hydrogen-bond acceptors (Lipinski definition) is 0. The van der Waals surface area contributed by atoms with Gasteiger partial charge in [0.05, 0.1) is 22.1 Å². The zero-order valence-electron chi connectivity index (χ0n) is 28.4. The summed E-state index contributed by atoms with van der Waals surface area (Å²) >= 11 is 0. The third kappa shape index (κ3) is 4.31. The Kier molecular flexibility index (Phi) is 6.28. The molecular weight excluding hydrogens is 629 g/mol. The van der Waals surface area contributed by atoms with Gasteiger partial charge in [0.1, 0.15) is 0 Å². The summed E-state index contributed by atoms with van der Waals surface area (Å²) in [6.07, 6.45) is 0. The van der Waals surface area contributed by atoms with E-state index in [1.165, 1.54) is 93.1 Å². The van der Waals surface area contributed by atoms with E-state index in [0.29, 0.717) is 0 Å². The van der Waals surface area contributed by atoms with Crippen molar-refractivity contribution in [1.82, 2.24) is 9.13 Å². The largest absolute Gasteiger partial charge is 0.309 e. The van der Waals surface area contributed by atoms with Gasteiger partial charge in [0, 0.05) is 32.9 Å². The maximum Gasteiger partial charge on any atom is 0.0547 e. The van der Waals surface area contributed by atoms with Gasteiger partial charge < -0.3 is 9.13 Å². The van der Waals surface area contributed by atoms with Gasteiger partial charge in [0.15, 0.2) is 0 Å². The number of para-hydroxylation sites is 3. The molecule has 0 saturated heterocycles. The molecule has 2 aromatic heterocycles. The molecule has 0 N–H and O–H groups in total. The number of hydrogen-bond donors (Lipinski definition) is 0. The first-order valence-electron chi connectivity index (χ1n) is 17.9. The van der Waals surface area contributed by atoms with E-state index >= 15 is 0 Å². The molecule has 0 saturated carbocycles. The molecule has 0 aliphatic carbocycles. The molecule has 0 amide bonds. The Morgan fingerprint density at radius 2 is 0.750 bits per heavy atom. The summed E-state index contributed by atoms with van der Waals surface area (Å²) in [7, 11) is 0. The molecule has 0 unspecified atom stereocenters. The van der Waals surface area contributed by atoms with Crippen molar-refractivity contribution in [3.05, 3.63) is 194 Å². The van der Waals surface area contributed by atoms with Crippen LogP contribution in [-0.4, -0.2) is 9.13 Å². The second kappa shape index (κ2) is 11.3. The highest BCUT2D eigenvalue weighted by molar-refractivity contribution is 6.21. The second-order valence-electron chi connectivity index (χ2n) is 13.7. The molecule has 11 rings (SSSR count). The van der Waals surface area contributed by atoms with Crippen LogP contribution in [-0.2, 0) is 0 Å². The zero-order chi connectivity index (χ0) is 34.2. The lowest BCUT2D eigenvalue weighted by molar-refractivity contribution is 1.18. The van der Waals surface area contributed by atoms with E-state index in [9.17, 15) is 0 Å². The van der Waals surface area contributed by atoms with Crippen LogP contribution in [0, 0.1) is 0 Å². The Hall–Kier alpha value is -6.90. The van der Waals surface area contributed by atoms with Crippen LogP contribution in [0.4, 0.5) is 0 Å². The van der Waals surface area contributed by atoms with Gasteiger partial charge in [-0.3, -0.25) is 0 Å². The molecule has 11 aromatic rings. The molecule has 9 aromatic carbocycles. The molecule has 52 heavy (non-hydrogen) atoms. The predicted octanol–water partition coefficient (Wildman–Crippen LogP) is 13.5. The van der Waals surface area contributed by atoms with Crippen molar-refractivity contribution < 1.29 is 0 Å². The normalized spacial score (nSPS) is 11.8. The van der Waals surface area contributed by atoms with Crippen molar-refractivity contribution in [3.63, 3.8) is 0 Å². The summed E-state index contributed by atoms with van der Waals surface area (Å²) in [5.41, 5.74) is 12.1. The fourth-order valence-electron chi connectivity index (χ4n) is 8.52. The fourth-order valence-corrected chi connectivity index (χ4v) is 8.52. The van der Waals surface area contributed by atoms with Crippen LogP contribution in [0.3, 0.4) is 0 Å². The van der Waals surface area contributed by atoms with E-state index < -0.39 is 0 Å². The third-order valence-corrected chi connectivity index (χ3v) is 10.9. The topological polar surface area (TPSA) is 9.86 Å². The molecule has 0 aliphatic rings. The van der Waals surface area contributed by atoms with E-state index in [4.69, 9.17) is 0 Å². The maximum absolute atomic E-state index is 2.43. The highest BCUT2D eigenvalue weighted by atomic mass is 15.0. The molecule has 0 bridgehead atoms. The molecule has 0 spiro atoms. The molecule has 0 aliphatic heterocycles. The van der Waals surface area contributed by atoms with Gasteiger partial charge in [-0.15, -0.1) is 0 Å². The minimum atomic E-state index is 1.16. The van der Waals surface area contributed by atoms with Gasteiger partial charge in [-0.1, -0.05) is 127 Å². The molecule has 0 atom stereocenters. The number of nitrogens with zero attached hydrogens (tertiary/aromatic N) is 2. The Balaban J connectivity index is 1.14. The summed E-state index contributed by atoms with van der Waals surface area (Å²) in [5, 5.41) is 10.1. The molecule has 0 radical (unpaired) electrons. The fraction of sp³-hybridized carbons (Fsp3) is 0. The SMILES string of the molecule is c1ccc(-c2ccc(-n3c4ccccc4c4cc5cc(-c6ccc7c(c6)c6ccccc6n7-c6ccccc6)c6ccccc6c5cc43)cc2)cc1. The Morgan fingerprint density at radius 1 is 0.250 bits per heavy atom. The number of benzene rings is 9. The minimum Gasteiger partial charge on any atom is -0.309 e. The molecule has 242 valence electrons. The zero-order valence-corrected chi connectivity index (χ0v) is 28.4. The molecule has 0 fully saturated rings. The highest BCUT2D eigenvalue weighted by Crippen LogP contribution is 2.42. The van der Waals surface area contributed by atoms with E-state index in [0.717, 1.165) is 5.69 Å². The summed E-state index contributed by atoms with van der Waals surface area (Å²) in [6, 6.07) is 71.0. The van der Waals surface area contributed by atoms with Crippen molar-refractivity contribution in [2.75, 3.05) is 0 Å². The first kappa shape index (κ1) is 28.9. The third-order valence-electron chi connectivity index (χ3n) is 10.9. The van der Waals surface area contributed by atoms with Crippen LogP contribution in [0.2, 0.25) is 0 Å². The van der Waals surface area contributed by atoms with Gasteiger partial charge >= 0.3 is 0 Å². The van der Waals surface area contributed by atoms with Crippen molar-refractivity contribution >= 4 is 65.2 Å². The number of rotatable bonds is 4. The van der Waals surface area contributed by atoms with Crippen molar-refractivity contribution in [2.24, 2.45) is 0 Å². The summed E-state index contributed by atoms with van der Waals surface area (Å²) in [5.74, 6) is 0. The number of fused-ring (bicyclic) bond motifs is 9. The quantitative estimate of drug-likeness (QED) is 0.166. The van der Waals surface area contributed by atoms with Crippen LogP contribution < -0.4 is 0 Å². The monoisotopic (exact) mass is 660 g/mol. The molecule has 2 nitrogen and oxygen atoms in total. The van der Waals surface area contributed by atoms with Gasteiger partial charge in [-0.25, -0.2) is 0 Å². The summed E-state index contributed by atoms with van der Waals surface area (Å²) in [6.45, 7) is 0. The average molecular weight is 661 g/mol. The highest BCUT2D eigenvalue weighted by Gasteiger charge is 2.18. The van der Waals surface area contributed by atoms with Gasteiger partial charge in [-0.2, -0.15) is 0 Å². The first-order valence-corrected chi connectivity index (χ1v) is 17.9. The maximum atomic E-state index is 2.43. The van der Waals surface area contributed by atoms with Crippen LogP contribution in [0.1, 0.15) is 0 Å². The lowest BCUT2D eigenvalue weighted by Gasteiger charge is -2.14. The summed E-state index contributed by atoms with van der Waals surface area (Å²) in [4.78, 5) is 0. The van der Waals surface area contributed by atoms with E-state index in [1.807, 2.05) is 0 Å². The minimum absolute atomic E-state index is 1.16. The Labute approximate surface area is 301 Å². The van der Waals surface area contributed by atoms with Gasteiger partial charge in [0.25, 0.3) is 0 Å². The van der Waals surface area contributed by atoms with E-state index in [1.54, 1.807) is 0 Å². The number of aromatic nitrogens is 2. The van der Waals surface area contributed by atoms with Crippen molar-refractivity contribution in [3.8, 4) is 33.6 Å². The first-order chi connectivity index (χ1) is 25.8. The molecule has 2 heteroatoms. The Bertz CT molecular complexity index is 3150. The molecule has 2 heterocycles. The van der Waals surface area contributed by atoms with Crippen LogP contribution in [0.25, 0.3) is 98.8 Å². The van der Waals surface area contributed by atoms with E-state index in [2.05, 4.69) is 203 Å². The lowest BCUT2D eigenvalue weighted by atomic mass is 9.92.